The maximum Gasteiger partial charge on any atom is 0.276 e. The molecule has 0 radical (unpaired) electrons. The van der Waals surface area contributed by atoms with Gasteiger partial charge in [-0.3, -0.25) is 25.2 Å². The standard InChI is InChI=1S/C15H14ClN3O4S/c16-10-4-1-2-5-11(10)23-9-14(21)19-18-13(20)8-17-15(22)12-6-3-7-24-12/h1-7H,8-9H2,(H,17,22)(H,18,20)(H,19,21). The van der Waals surface area contributed by atoms with E-state index in [-0.39, 0.29) is 19.1 Å². The first-order valence-corrected chi connectivity index (χ1v) is 8.08. The van der Waals surface area contributed by atoms with Crippen LogP contribution >= 0.6 is 22.9 Å². The van der Waals surface area contributed by atoms with Crippen molar-refractivity contribution in [3.63, 3.8) is 0 Å². The summed E-state index contributed by atoms with van der Waals surface area (Å²) >= 11 is 7.15. The van der Waals surface area contributed by atoms with Gasteiger partial charge in [0.05, 0.1) is 16.4 Å². The Labute approximate surface area is 146 Å². The highest BCUT2D eigenvalue weighted by Gasteiger charge is 2.10. The lowest BCUT2D eigenvalue weighted by atomic mass is 10.3. The van der Waals surface area contributed by atoms with Gasteiger partial charge in [-0.2, -0.15) is 0 Å². The molecule has 0 saturated heterocycles. The first-order chi connectivity index (χ1) is 11.6. The van der Waals surface area contributed by atoms with Gasteiger partial charge < -0.3 is 10.1 Å². The van der Waals surface area contributed by atoms with Crippen molar-refractivity contribution in [1.29, 1.82) is 0 Å². The Morgan fingerprint density at radius 1 is 1.04 bits per heavy atom. The number of carbonyl (C=O) groups is 3. The Morgan fingerprint density at radius 3 is 2.50 bits per heavy atom. The van der Waals surface area contributed by atoms with Crippen LogP contribution in [0.5, 0.6) is 5.75 Å². The van der Waals surface area contributed by atoms with Gasteiger partial charge >= 0.3 is 0 Å². The van der Waals surface area contributed by atoms with Crippen LogP contribution in [-0.2, 0) is 9.59 Å². The monoisotopic (exact) mass is 367 g/mol. The molecule has 0 spiro atoms. The molecular formula is C15H14ClN3O4S. The van der Waals surface area contributed by atoms with Gasteiger partial charge in [0.25, 0.3) is 17.7 Å². The fourth-order valence-corrected chi connectivity index (χ4v) is 2.41. The van der Waals surface area contributed by atoms with Gasteiger partial charge in [0.2, 0.25) is 0 Å². The summed E-state index contributed by atoms with van der Waals surface area (Å²) in [5.41, 5.74) is 4.35. The Bertz CT molecular complexity index is 721. The number of amides is 3. The van der Waals surface area contributed by atoms with E-state index in [9.17, 15) is 14.4 Å². The quantitative estimate of drug-likeness (QED) is 0.671. The summed E-state index contributed by atoms with van der Waals surface area (Å²) in [6.45, 7) is -0.575. The van der Waals surface area contributed by atoms with Crippen molar-refractivity contribution < 1.29 is 19.1 Å². The van der Waals surface area contributed by atoms with E-state index in [0.29, 0.717) is 15.6 Å². The van der Waals surface area contributed by atoms with E-state index in [1.54, 1.807) is 41.8 Å². The molecule has 0 saturated carbocycles. The number of hydrogen-bond acceptors (Lipinski definition) is 5. The number of carbonyl (C=O) groups excluding carboxylic acids is 3. The first-order valence-electron chi connectivity index (χ1n) is 6.83. The second-order valence-electron chi connectivity index (χ2n) is 4.48. The van der Waals surface area contributed by atoms with Crippen LogP contribution in [0.2, 0.25) is 5.02 Å². The Kier molecular flexibility index (Phi) is 6.59. The minimum atomic E-state index is -0.564. The number of thiophene rings is 1. The van der Waals surface area contributed by atoms with Crippen molar-refractivity contribution in [2.75, 3.05) is 13.2 Å². The molecule has 7 nitrogen and oxygen atoms in total. The van der Waals surface area contributed by atoms with Crippen molar-refractivity contribution in [2.24, 2.45) is 0 Å². The second-order valence-corrected chi connectivity index (χ2v) is 5.83. The lowest BCUT2D eigenvalue weighted by molar-refractivity contribution is -0.129. The summed E-state index contributed by atoms with van der Waals surface area (Å²) in [7, 11) is 0. The molecule has 0 aliphatic rings. The number of hydrazine groups is 1. The lowest BCUT2D eigenvalue weighted by Gasteiger charge is -2.10. The topological polar surface area (TPSA) is 96.5 Å². The minimum Gasteiger partial charge on any atom is -0.482 e. The fraction of sp³-hybridized carbons (Fsp3) is 0.133. The van der Waals surface area contributed by atoms with Gasteiger partial charge in [-0.1, -0.05) is 29.8 Å². The Hall–Kier alpha value is -2.58. The number of rotatable bonds is 6. The normalized spacial score (nSPS) is 9.88. The molecule has 0 unspecified atom stereocenters. The van der Waals surface area contributed by atoms with Gasteiger partial charge in [0, 0.05) is 0 Å². The summed E-state index contributed by atoms with van der Waals surface area (Å²) in [6, 6.07) is 10.1. The van der Waals surface area contributed by atoms with Crippen LogP contribution in [0.4, 0.5) is 0 Å². The Morgan fingerprint density at radius 2 is 1.79 bits per heavy atom. The van der Waals surface area contributed by atoms with Gasteiger partial charge in [-0.05, 0) is 23.6 Å². The number of ether oxygens (including phenoxy) is 1. The van der Waals surface area contributed by atoms with Gasteiger partial charge in [0.15, 0.2) is 6.61 Å². The average Bonchev–Trinajstić information content (AvgIpc) is 3.11. The number of halogens is 1. The summed E-state index contributed by atoms with van der Waals surface area (Å²) in [6.07, 6.45) is 0. The highest BCUT2D eigenvalue weighted by molar-refractivity contribution is 7.12. The maximum absolute atomic E-state index is 11.6. The molecular weight excluding hydrogens is 354 g/mol. The SMILES string of the molecule is O=C(CNC(=O)c1cccs1)NNC(=O)COc1ccccc1Cl. The molecule has 126 valence electrons. The van der Waals surface area contributed by atoms with Crippen LogP contribution in [0, 0.1) is 0 Å². The maximum atomic E-state index is 11.6. The summed E-state index contributed by atoms with van der Waals surface area (Å²) in [5, 5.41) is 4.57. The van der Waals surface area contributed by atoms with Crippen LogP contribution in [0.15, 0.2) is 41.8 Å². The number of para-hydroxylation sites is 1. The van der Waals surface area contributed by atoms with E-state index in [1.165, 1.54) is 11.3 Å². The van der Waals surface area contributed by atoms with Gasteiger partial charge in [-0.15, -0.1) is 11.3 Å². The van der Waals surface area contributed by atoms with E-state index in [1.807, 2.05) is 0 Å². The van der Waals surface area contributed by atoms with E-state index in [2.05, 4.69) is 16.2 Å². The average molecular weight is 368 g/mol. The zero-order valence-electron chi connectivity index (χ0n) is 12.4. The molecule has 24 heavy (non-hydrogen) atoms. The van der Waals surface area contributed by atoms with Crippen LogP contribution in [0.1, 0.15) is 9.67 Å². The second kappa shape index (κ2) is 8.90. The molecule has 3 N–H and O–H groups in total. The molecule has 1 aromatic carbocycles. The van der Waals surface area contributed by atoms with Crippen LogP contribution < -0.4 is 20.9 Å². The van der Waals surface area contributed by atoms with E-state index in [4.69, 9.17) is 16.3 Å². The van der Waals surface area contributed by atoms with Crippen molar-refractivity contribution in [3.05, 3.63) is 51.7 Å². The first kappa shape index (κ1) is 17.8. The van der Waals surface area contributed by atoms with E-state index >= 15 is 0 Å². The molecule has 2 aromatic rings. The zero-order valence-corrected chi connectivity index (χ0v) is 13.9. The van der Waals surface area contributed by atoms with Gasteiger partial charge in [-0.25, -0.2) is 0 Å². The van der Waals surface area contributed by atoms with Crippen molar-refractivity contribution in [1.82, 2.24) is 16.2 Å². The molecule has 1 heterocycles. The highest BCUT2D eigenvalue weighted by Crippen LogP contribution is 2.22. The molecule has 2 rings (SSSR count). The predicted molar refractivity (Wildman–Crippen MR) is 89.9 cm³/mol. The number of nitrogens with one attached hydrogen (secondary N) is 3. The molecule has 3 amide bonds. The third kappa shape index (κ3) is 5.56. The van der Waals surface area contributed by atoms with Crippen molar-refractivity contribution in [2.45, 2.75) is 0 Å². The molecule has 0 atom stereocenters. The molecule has 1 aromatic heterocycles. The third-order valence-electron chi connectivity index (χ3n) is 2.69. The van der Waals surface area contributed by atoms with Crippen LogP contribution in [-0.4, -0.2) is 30.9 Å². The lowest BCUT2D eigenvalue weighted by Crippen LogP contribution is -2.47. The molecule has 0 bridgehead atoms. The van der Waals surface area contributed by atoms with Gasteiger partial charge in [0.1, 0.15) is 5.75 Å². The molecule has 0 aliphatic heterocycles. The number of benzene rings is 1. The smallest absolute Gasteiger partial charge is 0.276 e. The molecule has 9 heteroatoms. The summed E-state index contributed by atoms with van der Waals surface area (Å²) < 4.78 is 5.21. The molecule has 0 fully saturated rings. The van der Waals surface area contributed by atoms with Crippen molar-refractivity contribution in [3.8, 4) is 5.75 Å². The highest BCUT2D eigenvalue weighted by atomic mass is 35.5. The number of hydrogen-bond donors (Lipinski definition) is 3. The van der Waals surface area contributed by atoms with E-state index < -0.39 is 11.8 Å². The van der Waals surface area contributed by atoms with E-state index in [0.717, 1.165) is 0 Å². The third-order valence-corrected chi connectivity index (χ3v) is 3.87. The largest absolute Gasteiger partial charge is 0.482 e. The van der Waals surface area contributed by atoms with Crippen LogP contribution in [0.25, 0.3) is 0 Å². The summed E-state index contributed by atoms with van der Waals surface area (Å²) in [5.74, 6) is -1.11. The molecule has 0 aliphatic carbocycles. The Balaban J connectivity index is 1.65. The van der Waals surface area contributed by atoms with Crippen molar-refractivity contribution >= 4 is 40.7 Å². The predicted octanol–water partition coefficient (Wildman–Crippen LogP) is 1.36. The summed E-state index contributed by atoms with van der Waals surface area (Å²) in [4.78, 5) is 35.3. The minimum absolute atomic E-state index is 0.262. The zero-order chi connectivity index (χ0) is 17.4. The fourth-order valence-electron chi connectivity index (χ4n) is 1.58. The van der Waals surface area contributed by atoms with Crippen LogP contribution in [0.3, 0.4) is 0 Å².